The minimum atomic E-state index is -3.71. The highest BCUT2D eigenvalue weighted by Gasteiger charge is 2.16. The van der Waals surface area contributed by atoms with Crippen LogP contribution in [-0.2, 0) is 21.4 Å². The first-order valence-corrected chi connectivity index (χ1v) is 8.57. The molecule has 0 bridgehead atoms. The van der Waals surface area contributed by atoms with Crippen molar-refractivity contribution in [2.75, 3.05) is 6.61 Å². The summed E-state index contributed by atoms with van der Waals surface area (Å²) < 4.78 is 27.2. The summed E-state index contributed by atoms with van der Waals surface area (Å²) in [5, 5.41) is 0. The van der Waals surface area contributed by atoms with Crippen LogP contribution in [0.3, 0.4) is 0 Å². The molecule has 23 heavy (non-hydrogen) atoms. The van der Waals surface area contributed by atoms with Gasteiger partial charge in [0.25, 0.3) is 5.91 Å². The first-order valence-electron chi connectivity index (χ1n) is 7.08. The summed E-state index contributed by atoms with van der Waals surface area (Å²) >= 11 is 0. The summed E-state index contributed by atoms with van der Waals surface area (Å²) in [6.45, 7) is 2.23. The highest BCUT2D eigenvalue weighted by molar-refractivity contribution is 7.89. The molecule has 2 aromatic rings. The number of hydrogen-bond donors (Lipinski definition) is 2. The molecule has 0 fully saturated rings. The summed E-state index contributed by atoms with van der Waals surface area (Å²) in [4.78, 5) is 16.7. The average Bonchev–Trinajstić information content (AvgIpc) is 2.59. The summed E-state index contributed by atoms with van der Waals surface area (Å²) in [6, 6.07) is 15.0. The van der Waals surface area contributed by atoms with Crippen LogP contribution in [0.1, 0.15) is 22.8 Å². The van der Waals surface area contributed by atoms with E-state index in [2.05, 4.69) is 10.2 Å². The number of sulfonamides is 1. The fourth-order valence-corrected chi connectivity index (χ4v) is 2.92. The summed E-state index contributed by atoms with van der Waals surface area (Å²) in [5.41, 5.74) is 3.29. The molecule has 0 aromatic heterocycles. The molecule has 0 unspecified atom stereocenters. The summed E-state index contributed by atoms with van der Waals surface area (Å²) in [7, 11) is -3.71. The molecular weight excluding hydrogens is 316 g/mol. The summed E-state index contributed by atoms with van der Waals surface area (Å²) in [5.74, 6) is -0.494. The Morgan fingerprint density at radius 3 is 2.52 bits per heavy atom. The zero-order valence-electron chi connectivity index (χ0n) is 12.7. The molecule has 122 valence electrons. The molecule has 0 saturated carbocycles. The Balaban J connectivity index is 2.11. The van der Waals surface area contributed by atoms with Crippen molar-refractivity contribution < 1.29 is 18.0 Å². The lowest BCUT2D eigenvalue weighted by atomic mass is 10.2. The maximum atomic E-state index is 12.3. The standard InChI is InChI=1S/C16H18N2O4S/c1-2-22-18-16(19)14-9-6-10-15(11-14)23(20,21)17-12-13-7-4-3-5-8-13/h3-11,17H,2,12H2,1H3,(H,18,19). The van der Waals surface area contributed by atoms with E-state index in [1.54, 1.807) is 6.92 Å². The van der Waals surface area contributed by atoms with Crippen molar-refractivity contribution in [2.45, 2.75) is 18.4 Å². The third-order valence-electron chi connectivity index (χ3n) is 3.02. The number of carbonyl (C=O) groups is 1. The van der Waals surface area contributed by atoms with Crippen molar-refractivity contribution in [1.29, 1.82) is 0 Å². The average molecular weight is 334 g/mol. The van der Waals surface area contributed by atoms with Gasteiger partial charge in [0.15, 0.2) is 0 Å². The Bertz CT molecular complexity index is 761. The Hall–Kier alpha value is -2.22. The predicted molar refractivity (Wildman–Crippen MR) is 86.0 cm³/mol. The van der Waals surface area contributed by atoms with Crippen molar-refractivity contribution in [3.63, 3.8) is 0 Å². The monoisotopic (exact) mass is 334 g/mol. The van der Waals surface area contributed by atoms with E-state index in [9.17, 15) is 13.2 Å². The van der Waals surface area contributed by atoms with Gasteiger partial charge < -0.3 is 0 Å². The molecule has 0 saturated heterocycles. The van der Waals surface area contributed by atoms with E-state index in [0.717, 1.165) is 5.56 Å². The van der Waals surface area contributed by atoms with Gasteiger partial charge in [-0.25, -0.2) is 18.6 Å². The van der Waals surface area contributed by atoms with E-state index in [1.165, 1.54) is 24.3 Å². The van der Waals surface area contributed by atoms with Crippen molar-refractivity contribution in [3.05, 3.63) is 65.7 Å². The van der Waals surface area contributed by atoms with Gasteiger partial charge in [0.1, 0.15) is 0 Å². The van der Waals surface area contributed by atoms with E-state index in [0.29, 0.717) is 6.61 Å². The molecule has 0 atom stereocenters. The zero-order valence-corrected chi connectivity index (χ0v) is 13.5. The molecule has 2 rings (SSSR count). The number of amides is 1. The van der Waals surface area contributed by atoms with Crippen LogP contribution in [0.2, 0.25) is 0 Å². The maximum absolute atomic E-state index is 12.3. The third kappa shape index (κ3) is 4.88. The van der Waals surface area contributed by atoms with Crippen LogP contribution in [0.4, 0.5) is 0 Å². The van der Waals surface area contributed by atoms with Gasteiger partial charge in [-0.05, 0) is 30.7 Å². The van der Waals surface area contributed by atoms with Gasteiger partial charge in [-0.15, -0.1) is 0 Å². The first kappa shape index (κ1) is 17.1. The normalized spacial score (nSPS) is 11.2. The van der Waals surface area contributed by atoms with Crippen LogP contribution in [-0.4, -0.2) is 20.9 Å². The van der Waals surface area contributed by atoms with Gasteiger partial charge in [0.2, 0.25) is 10.0 Å². The molecule has 7 heteroatoms. The van der Waals surface area contributed by atoms with Crippen molar-refractivity contribution in [3.8, 4) is 0 Å². The fourth-order valence-electron chi connectivity index (χ4n) is 1.86. The minimum Gasteiger partial charge on any atom is -0.274 e. The second-order valence-corrected chi connectivity index (χ2v) is 6.47. The first-order chi connectivity index (χ1) is 11.0. The highest BCUT2D eigenvalue weighted by Crippen LogP contribution is 2.12. The number of nitrogens with one attached hydrogen (secondary N) is 2. The van der Waals surface area contributed by atoms with Gasteiger partial charge in [0, 0.05) is 12.1 Å². The Labute approximate surface area is 135 Å². The van der Waals surface area contributed by atoms with Crippen LogP contribution in [0, 0.1) is 0 Å². The maximum Gasteiger partial charge on any atom is 0.274 e. The Morgan fingerprint density at radius 2 is 1.83 bits per heavy atom. The lowest BCUT2D eigenvalue weighted by Crippen LogP contribution is -2.25. The third-order valence-corrected chi connectivity index (χ3v) is 4.42. The predicted octanol–water partition coefficient (Wildman–Crippen LogP) is 1.85. The van der Waals surface area contributed by atoms with Crippen molar-refractivity contribution in [1.82, 2.24) is 10.2 Å². The molecule has 0 aliphatic carbocycles. The largest absolute Gasteiger partial charge is 0.274 e. The molecule has 0 aliphatic heterocycles. The molecule has 6 nitrogen and oxygen atoms in total. The van der Waals surface area contributed by atoms with Crippen LogP contribution < -0.4 is 10.2 Å². The SMILES string of the molecule is CCONC(=O)c1cccc(S(=O)(=O)NCc2ccccc2)c1. The number of carbonyl (C=O) groups excluding carboxylic acids is 1. The van der Waals surface area contributed by atoms with Crippen LogP contribution in [0.15, 0.2) is 59.5 Å². The molecule has 0 spiro atoms. The molecule has 0 radical (unpaired) electrons. The second kappa shape index (κ2) is 7.87. The number of rotatable bonds is 7. The van der Waals surface area contributed by atoms with Gasteiger partial charge in [0.05, 0.1) is 11.5 Å². The van der Waals surface area contributed by atoms with E-state index in [4.69, 9.17) is 4.84 Å². The number of hydrogen-bond acceptors (Lipinski definition) is 4. The lowest BCUT2D eigenvalue weighted by Gasteiger charge is -2.09. The molecular formula is C16H18N2O4S. The molecule has 0 heterocycles. The molecule has 1 amide bonds. The van der Waals surface area contributed by atoms with Gasteiger partial charge in [-0.1, -0.05) is 36.4 Å². The van der Waals surface area contributed by atoms with Crippen LogP contribution in [0.5, 0.6) is 0 Å². The quantitative estimate of drug-likeness (QED) is 0.757. The smallest absolute Gasteiger partial charge is 0.274 e. The molecule has 2 aromatic carbocycles. The Morgan fingerprint density at radius 1 is 1.09 bits per heavy atom. The number of hydroxylamine groups is 1. The zero-order chi connectivity index (χ0) is 16.7. The number of benzene rings is 2. The lowest BCUT2D eigenvalue weighted by molar-refractivity contribution is 0.0364. The Kier molecular flexibility index (Phi) is 5.86. The van der Waals surface area contributed by atoms with E-state index in [1.807, 2.05) is 30.3 Å². The highest BCUT2D eigenvalue weighted by atomic mass is 32.2. The minimum absolute atomic E-state index is 0.0255. The second-order valence-electron chi connectivity index (χ2n) is 4.70. The molecule has 0 aliphatic rings. The summed E-state index contributed by atoms with van der Waals surface area (Å²) in [6.07, 6.45) is 0. The fraction of sp³-hybridized carbons (Fsp3) is 0.188. The van der Waals surface area contributed by atoms with E-state index in [-0.39, 0.29) is 17.0 Å². The van der Waals surface area contributed by atoms with E-state index >= 15 is 0 Å². The van der Waals surface area contributed by atoms with Gasteiger partial charge >= 0.3 is 0 Å². The molecule has 2 N–H and O–H groups in total. The van der Waals surface area contributed by atoms with Crippen LogP contribution >= 0.6 is 0 Å². The topological polar surface area (TPSA) is 84.5 Å². The van der Waals surface area contributed by atoms with Crippen molar-refractivity contribution in [2.24, 2.45) is 0 Å². The van der Waals surface area contributed by atoms with Gasteiger partial charge in [-0.2, -0.15) is 0 Å². The van der Waals surface area contributed by atoms with Crippen molar-refractivity contribution >= 4 is 15.9 Å². The van der Waals surface area contributed by atoms with Crippen LogP contribution in [0.25, 0.3) is 0 Å². The van der Waals surface area contributed by atoms with E-state index < -0.39 is 15.9 Å². The van der Waals surface area contributed by atoms with Gasteiger partial charge in [-0.3, -0.25) is 9.63 Å².